The van der Waals surface area contributed by atoms with Crippen molar-refractivity contribution in [3.8, 4) is 5.75 Å². The molecule has 0 fully saturated rings. The standard InChI is InChI=1S/C15H17N3O3S/c1-11-3-6-15(16-10-11)17-22(19,20)12-4-5-13-14(9-12)21-8-7-18(13)2/h3-6,9-10H,7-8H2,1-2H3,(H,16,17). The molecule has 0 spiro atoms. The van der Waals surface area contributed by atoms with Crippen molar-refractivity contribution >= 4 is 21.5 Å². The van der Waals surface area contributed by atoms with E-state index in [0.717, 1.165) is 17.8 Å². The summed E-state index contributed by atoms with van der Waals surface area (Å²) >= 11 is 0. The van der Waals surface area contributed by atoms with Crippen molar-refractivity contribution in [2.24, 2.45) is 0 Å². The van der Waals surface area contributed by atoms with Crippen molar-refractivity contribution in [1.82, 2.24) is 4.98 Å². The first-order chi connectivity index (χ1) is 10.5. The van der Waals surface area contributed by atoms with E-state index >= 15 is 0 Å². The molecule has 2 heterocycles. The molecule has 6 nitrogen and oxygen atoms in total. The highest BCUT2D eigenvalue weighted by molar-refractivity contribution is 7.92. The SMILES string of the molecule is Cc1ccc(NS(=O)(=O)c2ccc3c(c2)OCCN3C)nc1. The van der Waals surface area contributed by atoms with Gasteiger partial charge in [-0.3, -0.25) is 4.72 Å². The van der Waals surface area contributed by atoms with E-state index in [2.05, 4.69) is 9.71 Å². The highest BCUT2D eigenvalue weighted by Crippen LogP contribution is 2.33. The number of likely N-dealkylation sites (N-methyl/N-ethyl adjacent to an activating group) is 1. The van der Waals surface area contributed by atoms with Crippen molar-refractivity contribution in [1.29, 1.82) is 0 Å². The fourth-order valence-electron chi connectivity index (χ4n) is 2.23. The van der Waals surface area contributed by atoms with Crippen LogP contribution >= 0.6 is 0 Å². The third kappa shape index (κ3) is 2.85. The molecule has 0 amide bonds. The van der Waals surface area contributed by atoms with Gasteiger partial charge in [0.2, 0.25) is 0 Å². The van der Waals surface area contributed by atoms with Crippen LogP contribution in [0.5, 0.6) is 5.75 Å². The molecule has 0 saturated heterocycles. The summed E-state index contributed by atoms with van der Waals surface area (Å²) in [6, 6.07) is 8.30. The van der Waals surface area contributed by atoms with Crippen LogP contribution < -0.4 is 14.4 Å². The molecule has 1 N–H and O–H groups in total. The van der Waals surface area contributed by atoms with Crippen LogP contribution in [0.25, 0.3) is 0 Å². The Labute approximate surface area is 129 Å². The second-order valence-corrected chi connectivity index (χ2v) is 6.91. The van der Waals surface area contributed by atoms with Gasteiger partial charge in [0, 0.05) is 19.3 Å². The zero-order chi connectivity index (χ0) is 15.7. The number of aromatic nitrogens is 1. The normalized spacial score (nSPS) is 14.2. The fraction of sp³-hybridized carbons (Fsp3) is 0.267. The van der Waals surface area contributed by atoms with Crippen molar-refractivity contribution in [2.75, 3.05) is 29.8 Å². The summed E-state index contributed by atoms with van der Waals surface area (Å²) < 4.78 is 32.9. The largest absolute Gasteiger partial charge is 0.490 e. The Morgan fingerprint density at radius 1 is 1.27 bits per heavy atom. The lowest BCUT2D eigenvalue weighted by atomic mass is 10.2. The molecule has 1 aliphatic heterocycles. The molecular weight excluding hydrogens is 302 g/mol. The number of aryl methyl sites for hydroxylation is 1. The van der Waals surface area contributed by atoms with Gasteiger partial charge in [-0.15, -0.1) is 0 Å². The molecule has 1 aromatic heterocycles. The molecule has 3 rings (SSSR count). The zero-order valence-electron chi connectivity index (χ0n) is 12.4. The van der Waals surface area contributed by atoms with Crippen LogP contribution in [0.4, 0.5) is 11.5 Å². The Morgan fingerprint density at radius 3 is 2.82 bits per heavy atom. The highest BCUT2D eigenvalue weighted by atomic mass is 32.2. The number of hydrogen-bond donors (Lipinski definition) is 1. The summed E-state index contributed by atoms with van der Waals surface area (Å²) in [5, 5.41) is 0. The fourth-order valence-corrected chi connectivity index (χ4v) is 3.25. The lowest BCUT2D eigenvalue weighted by Crippen LogP contribution is -2.29. The number of fused-ring (bicyclic) bond motifs is 1. The average Bonchev–Trinajstić information content (AvgIpc) is 2.49. The number of ether oxygens (including phenoxy) is 1. The van der Waals surface area contributed by atoms with Crippen LogP contribution in [0.3, 0.4) is 0 Å². The summed E-state index contributed by atoms with van der Waals surface area (Å²) in [6.45, 7) is 3.22. The molecule has 1 aliphatic rings. The third-order valence-corrected chi connectivity index (χ3v) is 4.84. The first kappa shape index (κ1) is 14.6. The number of sulfonamides is 1. The van der Waals surface area contributed by atoms with Crippen LogP contribution in [0.1, 0.15) is 5.56 Å². The smallest absolute Gasteiger partial charge is 0.263 e. The van der Waals surface area contributed by atoms with Gasteiger partial charge in [-0.25, -0.2) is 13.4 Å². The number of rotatable bonds is 3. The Morgan fingerprint density at radius 2 is 2.09 bits per heavy atom. The number of nitrogens with one attached hydrogen (secondary N) is 1. The first-order valence-electron chi connectivity index (χ1n) is 6.89. The molecule has 2 aromatic rings. The Kier molecular flexibility index (Phi) is 3.66. The average molecular weight is 319 g/mol. The lowest BCUT2D eigenvalue weighted by molar-refractivity contribution is 0.310. The minimum Gasteiger partial charge on any atom is -0.490 e. The summed E-state index contributed by atoms with van der Waals surface area (Å²) in [4.78, 5) is 6.25. The van der Waals surface area contributed by atoms with Crippen LogP contribution in [0.2, 0.25) is 0 Å². The molecule has 0 unspecified atom stereocenters. The number of nitrogens with zero attached hydrogens (tertiary/aromatic N) is 2. The predicted octanol–water partition coefficient (Wildman–Crippen LogP) is 2.02. The second kappa shape index (κ2) is 5.49. The minimum atomic E-state index is -3.69. The maximum Gasteiger partial charge on any atom is 0.263 e. The molecule has 0 saturated carbocycles. The topological polar surface area (TPSA) is 71.5 Å². The van der Waals surface area contributed by atoms with E-state index in [1.54, 1.807) is 36.5 Å². The van der Waals surface area contributed by atoms with E-state index in [4.69, 9.17) is 4.74 Å². The van der Waals surface area contributed by atoms with Gasteiger partial charge in [-0.2, -0.15) is 0 Å². The monoisotopic (exact) mass is 319 g/mol. The van der Waals surface area contributed by atoms with Crippen molar-refractivity contribution in [3.05, 3.63) is 42.1 Å². The van der Waals surface area contributed by atoms with Crippen molar-refractivity contribution in [3.63, 3.8) is 0 Å². The lowest BCUT2D eigenvalue weighted by Gasteiger charge is -2.27. The second-order valence-electron chi connectivity index (χ2n) is 5.23. The first-order valence-corrected chi connectivity index (χ1v) is 8.37. The van der Waals surface area contributed by atoms with E-state index in [0.29, 0.717) is 18.2 Å². The maximum absolute atomic E-state index is 12.4. The molecule has 1 aromatic carbocycles. The van der Waals surface area contributed by atoms with E-state index in [-0.39, 0.29) is 4.90 Å². The molecule has 7 heteroatoms. The summed E-state index contributed by atoms with van der Waals surface area (Å²) in [5.41, 5.74) is 1.85. The van der Waals surface area contributed by atoms with E-state index in [1.165, 1.54) is 0 Å². The molecule has 116 valence electrons. The molecule has 22 heavy (non-hydrogen) atoms. The third-order valence-electron chi connectivity index (χ3n) is 3.49. The van der Waals surface area contributed by atoms with Gasteiger partial charge in [0.25, 0.3) is 10.0 Å². The van der Waals surface area contributed by atoms with Crippen molar-refractivity contribution < 1.29 is 13.2 Å². The maximum atomic E-state index is 12.4. The number of anilines is 2. The van der Waals surface area contributed by atoms with Crippen molar-refractivity contribution in [2.45, 2.75) is 11.8 Å². The van der Waals surface area contributed by atoms with E-state index in [1.807, 2.05) is 18.9 Å². The van der Waals surface area contributed by atoms with Gasteiger partial charge < -0.3 is 9.64 Å². The van der Waals surface area contributed by atoms with Crippen LogP contribution in [-0.4, -0.2) is 33.6 Å². The van der Waals surface area contributed by atoms with Gasteiger partial charge in [0.1, 0.15) is 18.2 Å². The summed E-state index contributed by atoms with van der Waals surface area (Å²) in [5.74, 6) is 0.870. The van der Waals surface area contributed by atoms with Crippen LogP contribution in [0, 0.1) is 6.92 Å². The van der Waals surface area contributed by atoms with Gasteiger partial charge in [-0.1, -0.05) is 6.07 Å². The van der Waals surface area contributed by atoms with Gasteiger partial charge in [0.15, 0.2) is 0 Å². The summed E-state index contributed by atoms with van der Waals surface area (Å²) in [6.07, 6.45) is 1.61. The van der Waals surface area contributed by atoms with Gasteiger partial charge in [-0.05, 0) is 30.7 Å². The molecule has 0 aliphatic carbocycles. The van der Waals surface area contributed by atoms with Crippen LogP contribution in [-0.2, 0) is 10.0 Å². The zero-order valence-corrected chi connectivity index (χ0v) is 13.2. The summed E-state index contributed by atoms with van der Waals surface area (Å²) in [7, 11) is -1.74. The van der Waals surface area contributed by atoms with Gasteiger partial charge in [0.05, 0.1) is 17.1 Å². The molecule has 0 atom stereocenters. The quantitative estimate of drug-likeness (QED) is 0.937. The highest BCUT2D eigenvalue weighted by Gasteiger charge is 2.20. The number of benzene rings is 1. The predicted molar refractivity (Wildman–Crippen MR) is 85.0 cm³/mol. The Balaban J connectivity index is 1.90. The molecule has 0 bridgehead atoms. The number of pyridine rings is 1. The molecular formula is C15H17N3O3S. The Hall–Kier alpha value is -2.28. The van der Waals surface area contributed by atoms with Gasteiger partial charge >= 0.3 is 0 Å². The van der Waals surface area contributed by atoms with Crippen LogP contribution in [0.15, 0.2) is 41.4 Å². The Bertz CT molecular complexity index is 788. The minimum absolute atomic E-state index is 0.156. The van der Waals surface area contributed by atoms with E-state index in [9.17, 15) is 8.42 Å². The molecule has 0 radical (unpaired) electrons. The number of hydrogen-bond acceptors (Lipinski definition) is 5. The van der Waals surface area contributed by atoms with E-state index < -0.39 is 10.0 Å².